The maximum absolute atomic E-state index is 13.4. The fraction of sp³-hybridized carbons (Fsp3) is 0.429. The van der Waals surface area contributed by atoms with Crippen LogP contribution in [-0.2, 0) is 5.75 Å². The van der Waals surface area contributed by atoms with E-state index in [1.807, 2.05) is 23.9 Å². The minimum absolute atomic E-state index is 0.255. The monoisotopic (exact) mass is 251 g/mol. The predicted octanol–water partition coefficient (Wildman–Crippen LogP) is 3.17. The number of rotatable bonds is 4. The van der Waals surface area contributed by atoms with Gasteiger partial charge in [-0.05, 0) is 24.1 Å². The van der Waals surface area contributed by atoms with Gasteiger partial charge in [-0.1, -0.05) is 31.8 Å². The third-order valence-electron chi connectivity index (χ3n) is 2.47. The zero-order valence-electron chi connectivity index (χ0n) is 10.3. The van der Waals surface area contributed by atoms with Crippen LogP contribution in [0.4, 0.5) is 4.39 Å². The van der Waals surface area contributed by atoms with E-state index in [0.29, 0.717) is 10.8 Å². The van der Waals surface area contributed by atoms with E-state index in [1.54, 1.807) is 0 Å². The van der Waals surface area contributed by atoms with Gasteiger partial charge in [-0.25, -0.2) is 4.39 Å². The van der Waals surface area contributed by atoms with Crippen molar-refractivity contribution in [2.75, 3.05) is 6.54 Å². The van der Waals surface area contributed by atoms with Crippen LogP contribution in [0.5, 0.6) is 0 Å². The molecule has 0 bridgehead atoms. The molecule has 0 saturated heterocycles. The Bertz CT molecular complexity index is 420. The Morgan fingerprint density at radius 3 is 2.88 bits per heavy atom. The van der Waals surface area contributed by atoms with E-state index in [2.05, 4.69) is 25.7 Å². The summed E-state index contributed by atoms with van der Waals surface area (Å²) in [6, 6.07) is 5.11. The van der Waals surface area contributed by atoms with Crippen LogP contribution < -0.4 is 5.73 Å². The van der Waals surface area contributed by atoms with Gasteiger partial charge in [0.25, 0.3) is 0 Å². The summed E-state index contributed by atoms with van der Waals surface area (Å²) >= 11 is 1.87. The molecule has 1 unspecified atom stereocenters. The highest BCUT2D eigenvalue weighted by atomic mass is 32.2. The molecule has 0 fully saturated rings. The number of hydrogen-bond acceptors (Lipinski definition) is 2. The Labute approximate surface area is 107 Å². The summed E-state index contributed by atoms with van der Waals surface area (Å²) in [5.41, 5.74) is 6.83. The summed E-state index contributed by atoms with van der Waals surface area (Å²) in [4.78, 5) is 0. The van der Waals surface area contributed by atoms with Gasteiger partial charge in [0.1, 0.15) is 5.82 Å². The van der Waals surface area contributed by atoms with Gasteiger partial charge in [0.2, 0.25) is 0 Å². The Morgan fingerprint density at radius 2 is 2.24 bits per heavy atom. The molecule has 1 aromatic rings. The van der Waals surface area contributed by atoms with Gasteiger partial charge in [-0.15, -0.1) is 0 Å². The van der Waals surface area contributed by atoms with Gasteiger partial charge in [0.05, 0.1) is 12.1 Å². The quantitative estimate of drug-likeness (QED) is 0.832. The summed E-state index contributed by atoms with van der Waals surface area (Å²) in [5, 5.41) is 0.624. The van der Waals surface area contributed by atoms with Gasteiger partial charge in [-0.3, -0.25) is 0 Å². The molecule has 92 valence electrons. The van der Waals surface area contributed by atoms with Crippen LogP contribution in [0.3, 0.4) is 0 Å². The van der Waals surface area contributed by atoms with Crippen molar-refractivity contribution in [3.8, 4) is 11.8 Å². The minimum Gasteiger partial charge on any atom is -0.320 e. The van der Waals surface area contributed by atoms with Crippen LogP contribution in [0.1, 0.15) is 31.4 Å². The molecule has 0 aliphatic heterocycles. The third kappa shape index (κ3) is 4.80. The molecule has 3 heteroatoms. The van der Waals surface area contributed by atoms with Gasteiger partial charge in [0, 0.05) is 11.0 Å². The molecular formula is C14H18FNS. The van der Waals surface area contributed by atoms with Crippen molar-refractivity contribution in [2.24, 2.45) is 5.73 Å². The lowest BCUT2D eigenvalue weighted by Gasteiger charge is -2.08. The van der Waals surface area contributed by atoms with Crippen LogP contribution in [0, 0.1) is 17.7 Å². The minimum atomic E-state index is -0.275. The molecule has 0 amide bonds. The standard InChI is InChI=1S/C14H18FNS/c1-3-11(2)17-10-12-6-7-14(15)13(9-12)5-4-8-16/h6-7,9,11H,3,8,10,16H2,1-2H3. The Hall–Kier alpha value is -0.980. The molecule has 0 saturated carbocycles. The second-order valence-corrected chi connectivity index (χ2v) is 5.28. The Morgan fingerprint density at radius 1 is 1.47 bits per heavy atom. The van der Waals surface area contributed by atoms with Crippen LogP contribution in [0.25, 0.3) is 0 Å². The molecule has 0 heterocycles. The van der Waals surface area contributed by atoms with E-state index in [9.17, 15) is 4.39 Å². The fourth-order valence-electron chi connectivity index (χ4n) is 1.26. The summed E-state index contributed by atoms with van der Waals surface area (Å²) in [6.07, 6.45) is 1.14. The molecule has 0 aliphatic carbocycles. The van der Waals surface area contributed by atoms with Crippen molar-refractivity contribution in [2.45, 2.75) is 31.3 Å². The molecule has 1 atom stereocenters. The van der Waals surface area contributed by atoms with Gasteiger partial charge < -0.3 is 5.73 Å². The van der Waals surface area contributed by atoms with Crippen molar-refractivity contribution in [3.05, 3.63) is 35.1 Å². The van der Waals surface area contributed by atoms with Gasteiger partial charge >= 0.3 is 0 Å². The molecular weight excluding hydrogens is 233 g/mol. The van der Waals surface area contributed by atoms with E-state index < -0.39 is 0 Å². The van der Waals surface area contributed by atoms with Crippen molar-refractivity contribution in [1.29, 1.82) is 0 Å². The number of hydrogen-bond donors (Lipinski definition) is 1. The zero-order valence-corrected chi connectivity index (χ0v) is 11.1. The second-order valence-electron chi connectivity index (χ2n) is 3.85. The maximum atomic E-state index is 13.4. The molecule has 17 heavy (non-hydrogen) atoms. The summed E-state index contributed by atoms with van der Waals surface area (Å²) in [5.74, 6) is 6.06. The predicted molar refractivity (Wildman–Crippen MR) is 73.4 cm³/mol. The highest BCUT2D eigenvalue weighted by molar-refractivity contribution is 7.99. The number of halogens is 1. The van der Waals surface area contributed by atoms with Crippen molar-refractivity contribution in [1.82, 2.24) is 0 Å². The zero-order chi connectivity index (χ0) is 12.7. The first-order valence-corrected chi connectivity index (χ1v) is 6.81. The average molecular weight is 251 g/mol. The number of benzene rings is 1. The first-order chi connectivity index (χ1) is 8.17. The molecule has 0 radical (unpaired) electrons. The number of nitrogens with two attached hydrogens (primary N) is 1. The molecule has 0 aromatic heterocycles. The Balaban J connectivity index is 2.74. The molecule has 2 N–H and O–H groups in total. The van der Waals surface area contributed by atoms with Crippen molar-refractivity contribution in [3.63, 3.8) is 0 Å². The molecule has 1 rings (SSSR count). The Kier molecular flexibility index (Phi) is 6.10. The average Bonchev–Trinajstić information content (AvgIpc) is 2.35. The van der Waals surface area contributed by atoms with Crippen LogP contribution in [0.2, 0.25) is 0 Å². The molecule has 1 aromatic carbocycles. The fourth-order valence-corrected chi connectivity index (χ4v) is 2.15. The molecule has 0 aliphatic rings. The SMILES string of the molecule is CCC(C)SCc1ccc(F)c(C#CCN)c1. The van der Waals surface area contributed by atoms with Crippen molar-refractivity contribution < 1.29 is 4.39 Å². The summed E-state index contributed by atoms with van der Waals surface area (Å²) in [7, 11) is 0. The summed E-state index contributed by atoms with van der Waals surface area (Å²) < 4.78 is 13.4. The maximum Gasteiger partial charge on any atom is 0.138 e. The first-order valence-electron chi connectivity index (χ1n) is 5.76. The van der Waals surface area contributed by atoms with E-state index in [0.717, 1.165) is 17.7 Å². The summed E-state index contributed by atoms with van der Waals surface area (Å²) in [6.45, 7) is 4.62. The first kappa shape index (κ1) is 14.1. The lowest BCUT2D eigenvalue weighted by atomic mass is 10.1. The van der Waals surface area contributed by atoms with Crippen LogP contribution in [0.15, 0.2) is 18.2 Å². The molecule has 1 nitrogen and oxygen atoms in total. The van der Waals surface area contributed by atoms with Crippen molar-refractivity contribution >= 4 is 11.8 Å². The lowest BCUT2D eigenvalue weighted by Crippen LogP contribution is -1.96. The van der Waals surface area contributed by atoms with E-state index in [1.165, 1.54) is 6.07 Å². The highest BCUT2D eigenvalue weighted by Gasteiger charge is 2.04. The van der Waals surface area contributed by atoms with E-state index >= 15 is 0 Å². The van der Waals surface area contributed by atoms with Gasteiger partial charge in [-0.2, -0.15) is 11.8 Å². The van der Waals surface area contributed by atoms with E-state index in [-0.39, 0.29) is 12.4 Å². The largest absolute Gasteiger partial charge is 0.320 e. The van der Waals surface area contributed by atoms with Crippen LogP contribution in [-0.4, -0.2) is 11.8 Å². The molecule has 0 spiro atoms. The topological polar surface area (TPSA) is 26.0 Å². The van der Waals surface area contributed by atoms with Gasteiger partial charge in [0.15, 0.2) is 0 Å². The number of thioether (sulfide) groups is 1. The van der Waals surface area contributed by atoms with E-state index in [4.69, 9.17) is 5.73 Å². The third-order valence-corrected chi connectivity index (χ3v) is 3.87. The second kappa shape index (κ2) is 7.37. The highest BCUT2D eigenvalue weighted by Crippen LogP contribution is 2.21. The van der Waals surface area contributed by atoms with Crippen LogP contribution >= 0.6 is 11.8 Å². The smallest absolute Gasteiger partial charge is 0.138 e. The normalized spacial score (nSPS) is 11.8. The lowest BCUT2D eigenvalue weighted by molar-refractivity contribution is 0.624.